The second-order valence-electron chi connectivity index (χ2n) is 5.13. The number of imide groups is 1. The number of amides is 2. The molecule has 1 heterocycles. The van der Waals surface area contributed by atoms with E-state index >= 15 is 0 Å². The molecule has 0 aliphatic carbocycles. The number of rotatable bonds is 4. The van der Waals surface area contributed by atoms with Gasteiger partial charge in [-0.1, -0.05) is 42.5 Å². The highest BCUT2D eigenvalue weighted by molar-refractivity contribution is 6.21. The van der Waals surface area contributed by atoms with E-state index in [0.29, 0.717) is 16.7 Å². The van der Waals surface area contributed by atoms with Crippen LogP contribution in [-0.2, 0) is 0 Å². The molecule has 2 aromatic rings. The molecular formula is C17H15NO4. The summed E-state index contributed by atoms with van der Waals surface area (Å²) in [4.78, 5) is 25.8. The van der Waals surface area contributed by atoms with Crippen molar-refractivity contribution < 1.29 is 19.8 Å². The quantitative estimate of drug-likeness (QED) is 0.836. The Morgan fingerprint density at radius 1 is 0.864 bits per heavy atom. The zero-order valence-corrected chi connectivity index (χ0v) is 11.7. The first-order valence-electron chi connectivity index (χ1n) is 6.96. The molecule has 3 rings (SSSR count). The van der Waals surface area contributed by atoms with Crippen molar-refractivity contribution >= 4 is 11.8 Å². The van der Waals surface area contributed by atoms with E-state index in [2.05, 4.69) is 0 Å². The standard InChI is InChI=1S/C17H15NO4/c19-10-14(15(20)11-6-2-1-3-7-11)18-16(21)12-8-4-5-9-13(12)17(18)22/h1-9,14-15,19-20H,10H2/t14-,15-/m0/s1. The average molecular weight is 297 g/mol. The fraction of sp³-hybridized carbons (Fsp3) is 0.176. The number of carbonyl (C=O) groups excluding carboxylic acids is 2. The topological polar surface area (TPSA) is 77.8 Å². The minimum atomic E-state index is -1.14. The van der Waals surface area contributed by atoms with Gasteiger partial charge in [0, 0.05) is 0 Å². The highest BCUT2D eigenvalue weighted by atomic mass is 16.3. The van der Waals surface area contributed by atoms with Gasteiger partial charge in [-0.3, -0.25) is 14.5 Å². The van der Waals surface area contributed by atoms with Gasteiger partial charge < -0.3 is 10.2 Å². The minimum Gasteiger partial charge on any atom is -0.394 e. The van der Waals surface area contributed by atoms with E-state index in [1.54, 1.807) is 54.6 Å². The molecule has 0 spiro atoms. The SMILES string of the molecule is O=C1c2ccccc2C(=O)N1[C@@H](CO)[C@@H](O)c1ccccc1. The highest BCUT2D eigenvalue weighted by Crippen LogP contribution is 2.29. The molecule has 2 aromatic carbocycles. The number of aliphatic hydroxyl groups excluding tert-OH is 2. The van der Waals surface area contributed by atoms with Crippen molar-refractivity contribution in [2.75, 3.05) is 6.61 Å². The molecule has 0 saturated carbocycles. The number of benzene rings is 2. The Hall–Kier alpha value is -2.50. The van der Waals surface area contributed by atoms with E-state index in [9.17, 15) is 19.8 Å². The summed E-state index contributed by atoms with van der Waals surface area (Å²) in [5, 5.41) is 20.1. The summed E-state index contributed by atoms with van der Waals surface area (Å²) in [6, 6.07) is 14.1. The van der Waals surface area contributed by atoms with E-state index in [0.717, 1.165) is 4.90 Å². The zero-order valence-electron chi connectivity index (χ0n) is 11.7. The number of nitrogens with zero attached hydrogens (tertiary/aromatic N) is 1. The van der Waals surface area contributed by atoms with Crippen LogP contribution in [0.25, 0.3) is 0 Å². The van der Waals surface area contributed by atoms with Crippen LogP contribution in [0.1, 0.15) is 32.4 Å². The summed E-state index contributed by atoms with van der Waals surface area (Å²) in [7, 11) is 0. The lowest BCUT2D eigenvalue weighted by Gasteiger charge is -2.29. The largest absolute Gasteiger partial charge is 0.394 e. The number of fused-ring (bicyclic) bond motifs is 1. The van der Waals surface area contributed by atoms with Gasteiger partial charge in [0.1, 0.15) is 6.10 Å². The predicted octanol–water partition coefficient (Wildman–Crippen LogP) is 1.38. The zero-order chi connectivity index (χ0) is 15.7. The summed E-state index contributed by atoms with van der Waals surface area (Å²) < 4.78 is 0. The fourth-order valence-corrected chi connectivity index (χ4v) is 2.70. The summed E-state index contributed by atoms with van der Waals surface area (Å²) >= 11 is 0. The molecule has 2 atom stereocenters. The van der Waals surface area contributed by atoms with E-state index in [-0.39, 0.29) is 0 Å². The first-order valence-corrected chi connectivity index (χ1v) is 6.96. The van der Waals surface area contributed by atoms with Gasteiger partial charge in [-0.15, -0.1) is 0 Å². The number of carbonyl (C=O) groups is 2. The molecule has 2 amide bonds. The lowest BCUT2D eigenvalue weighted by molar-refractivity contribution is 0.0172. The lowest BCUT2D eigenvalue weighted by Crippen LogP contribution is -2.45. The van der Waals surface area contributed by atoms with Crippen molar-refractivity contribution in [3.8, 4) is 0 Å². The monoisotopic (exact) mass is 297 g/mol. The van der Waals surface area contributed by atoms with Gasteiger partial charge in [0.05, 0.1) is 23.8 Å². The Labute approximate surface area is 127 Å². The summed E-state index contributed by atoms with van der Waals surface area (Å²) in [6.07, 6.45) is -1.14. The first kappa shape index (κ1) is 14.4. The van der Waals surface area contributed by atoms with E-state index in [4.69, 9.17) is 0 Å². The minimum absolute atomic E-state index is 0.297. The molecule has 0 fully saturated rings. The van der Waals surface area contributed by atoms with Crippen LogP contribution in [0.15, 0.2) is 54.6 Å². The van der Waals surface area contributed by atoms with Gasteiger partial charge in [-0.2, -0.15) is 0 Å². The van der Waals surface area contributed by atoms with E-state index < -0.39 is 30.6 Å². The van der Waals surface area contributed by atoms with Crippen LogP contribution >= 0.6 is 0 Å². The van der Waals surface area contributed by atoms with Crippen molar-refractivity contribution in [2.24, 2.45) is 0 Å². The van der Waals surface area contributed by atoms with Crippen molar-refractivity contribution in [1.82, 2.24) is 4.90 Å². The second-order valence-corrected chi connectivity index (χ2v) is 5.13. The Bertz CT molecular complexity index is 679. The fourth-order valence-electron chi connectivity index (χ4n) is 2.70. The molecule has 1 aliphatic rings. The molecule has 0 unspecified atom stereocenters. The lowest BCUT2D eigenvalue weighted by atomic mass is 10.0. The molecule has 0 aromatic heterocycles. The molecule has 2 N–H and O–H groups in total. The maximum absolute atomic E-state index is 12.4. The molecular weight excluding hydrogens is 282 g/mol. The third kappa shape index (κ3) is 2.20. The van der Waals surface area contributed by atoms with Crippen LogP contribution in [0.3, 0.4) is 0 Å². The van der Waals surface area contributed by atoms with Crippen molar-refractivity contribution in [1.29, 1.82) is 0 Å². The smallest absolute Gasteiger partial charge is 0.261 e. The summed E-state index contributed by atoms with van der Waals surface area (Å²) in [6.45, 7) is -0.512. The maximum Gasteiger partial charge on any atom is 0.261 e. The number of hydrogen-bond donors (Lipinski definition) is 2. The third-order valence-electron chi connectivity index (χ3n) is 3.85. The summed E-state index contributed by atoms with van der Waals surface area (Å²) in [5.74, 6) is -0.982. The molecule has 0 radical (unpaired) electrons. The van der Waals surface area contributed by atoms with Gasteiger partial charge in [-0.05, 0) is 17.7 Å². The van der Waals surface area contributed by atoms with E-state index in [1.165, 1.54) is 0 Å². The molecule has 5 nitrogen and oxygen atoms in total. The van der Waals surface area contributed by atoms with Crippen molar-refractivity contribution in [3.63, 3.8) is 0 Å². The van der Waals surface area contributed by atoms with Crippen LogP contribution < -0.4 is 0 Å². The molecule has 0 bridgehead atoms. The Balaban J connectivity index is 1.96. The molecule has 1 aliphatic heterocycles. The van der Waals surface area contributed by atoms with Gasteiger partial charge in [0.2, 0.25) is 0 Å². The molecule has 22 heavy (non-hydrogen) atoms. The van der Waals surface area contributed by atoms with E-state index in [1.807, 2.05) is 0 Å². The third-order valence-corrected chi connectivity index (χ3v) is 3.85. The Morgan fingerprint density at radius 3 is 1.86 bits per heavy atom. The molecule has 112 valence electrons. The van der Waals surface area contributed by atoms with Gasteiger partial charge in [-0.25, -0.2) is 0 Å². The van der Waals surface area contributed by atoms with Crippen LogP contribution in [0.4, 0.5) is 0 Å². The highest BCUT2D eigenvalue weighted by Gasteiger charge is 2.42. The van der Waals surface area contributed by atoms with Crippen LogP contribution in [0.2, 0.25) is 0 Å². The van der Waals surface area contributed by atoms with Gasteiger partial charge in [0.25, 0.3) is 11.8 Å². The van der Waals surface area contributed by atoms with Gasteiger partial charge >= 0.3 is 0 Å². The Kier molecular flexibility index (Phi) is 3.75. The average Bonchev–Trinajstić information content (AvgIpc) is 2.82. The van der Waals surface area contributed by atoms with Gasteiger partial charge in [0.15, 0.2) is 0 Å². The molecule has 5 heteroatoms. The Morgan fingerprint density at radius 2 is 1.36 bits per heavy atom. The maximum atomic E-state index is 12.4. The number of aliphatic hydroxyl groups is 2. The van der Waals surface area contributed by atoms with Crippen LogP contribution in [0.5, 0.6) is 0 Å². The van der Waals surface area contributed by atoms with Crippen molar-refractivity contribution in [2.45, 2.75) is 12.1 Å². The van der Waals surface area contributed by atoms with Crippen LogP contribution in [0, 0.1) is 0 Å². The van der Waals surface area contributed by atoms with Crippen molar-refractivity contribution in [3.05, 3.63) is 71.3 Å². The normalized spacial score (nSPS) is 16.5. The first-order chi connectivity index (χ1) is 10.6. The second kappa shape index (κ2) is 5.71. The number of hydrogen-bond acceptors (Lipinski definition) is 4. The molecule has 0 saturated heterocycles. The van der Waals surface area contributed by atoms with Crippen LogP contribution in [-0.4, -0.2) is 39.6 Å². The predicted molar refractivity (Wildman–Crippen MR) is 79.2 cm³/mol. The summed E-state index contributed by atoms with van der Waals surface area (Å²) in [5.41, 5.74) is 1.13.